The van der Waals surface area contributed by atoms with Crippen LogP contribution in [0.25, 0.3) is 10.2 Å². The van der Waals surface area contributed by atoms with Crippen LogP contribution in [-0.2, 0) is 13.1 Å². The van der Waals surface area contributed by atoms with Gasteiger partial charge in [0.05, 0.1) is 17.3 Å². The van der Waals surface area contributed by atoms with Gasteiger partial charge in [-0.25, -0.2) is 4.98 Å². The van der Waals surface area contributed by atoms with E-state index in [0.29, 0.717) is 22.3 Å². The summed E-state index contributed by atoms with van der Waals surface area (Å²) in [7, 11) is 0. The van der Waals surface area contributed by atoms with Crippen LogP contribution in [0.2, 0.25) is 0 Å². The number of hydrogen-bond acceptors (Lipinski definition) is 6. The highest BCUT2D eigenvalue weighted by molar-refractivity contribution is 7.17. The molecule has 8 heteroatoms. The third-order valence-corrected chi connectivity index (χ3v) is 5.12. The average Bonchev–Trinajstić information content (AvgIpc) is 3.12. The number of amides is 1. The molecule has 1 amide bonds. The lowest BCUT2D eigenvalue weighted by atomic mass is 10.1. The Kier molecular flexibility index (Phi) is 6.69. The highest BCUT2D eigenvalue weighted by atomic mass is 32.1. The first-order valence-corrected chi connectivity index (χ1v) is 9.78. The van der Waals surface area contributed by atoms with Gasteiger partial charge in [-0.05, 0) is 37.1 Å². The molecule has 0 radical (unpaired) electrons. The summed E-state index contributed by atoms with van der Waals surface area (Å²) in [5.74, 6) is -0.273. The number of nitrogens with zero attached hydrogens (tertiary/aromatic N) is 1. The molecular formula is C19H23N5O2S. The summed E-state index contributed by atoms with van der Waals surface area (Å²) in [6, 6.07) is 8.09. The molecule has 3 aromatic rings. The van der Waals surface area contributed by atoms with Crippen molar-refractivity contribution in [1.29, 1.82) is 0 Å². The lowest BCUT2D eigenvalue weighted by molar-refractivity contribution is 0.0953. The van der Waals surface area contributed by atoms with Crippen LogP contribution in [0.4, 0.5) is 0 Å². The van der Waals surface area contributed by atoms with Gasteiger partial charge in [0.1, 0.15) is 4.83 Å². The third kappa shape index (κ3) is 5.00. The van der Waals surface area contributed by atoms with Gasteiger partial charge >= 0.3 is 0 Å². The maximum Gasteiger partial charge on any atom is 0.260 e. The van der Waals surface area contributed by atoms with Crippen LogP contribution < -0.4 is 21.9 Å². The van der Waals surface area contributed by atoms with Crippen molar-refractivity contribution in [3.8, 4) is 0 Å². The van der Waals surface area contributed by atoms with Gasteiger partial charge in [0.2, 0.25) is 0 Å². The van der Waals surface area contributed by atoms with Crippen molar-refractivity contribution in [3.63, 3.8) is 0 Å². The van der Waals surface area contributed by atoms with Gasteiger partial charge in [0.15, 0.2) is 0 Å². The summed E-state index contributed by atoms with van der Waals surface area (Å²) in [5, 5.41) is 8.26. The second-order valence-corrected chi connectivity index (χ2v) is 7.09. The van der Waals surface area contributed by atoms with E-state index in [2.05, 4.69) is 20.6 Å². The molecule has 2 heterocycles. The first-order valence-electron chi connectivity index (χ1n) is 8.90. The number of carbonyl (C=O) groups excluding carboxylic acids is 1. The fourth-order valence-corrected chi connectivity index (χ4v) is 3.62. The Hall–Kier alpha value is -2.55. The molecule has 0 aliphatic rings. The first-order chi connectivity index (χ1) is 13.2. The normalized spacial score (nSPS) is 11.0. The van der Waals surface area contributed by atoms with Crippen LogP contribution in [0.5, 0.6) is 0 Å². The molecule has 0 aliphatic heterocycles. The van der Waals surface area contributed by atoms with E-state index >= 15 is 0 Å². The minimum atomic E-state index is -0.297. The summed E-state index contributed by atoms with van der Waals surface area (Å²) in [5.41, 5.74) is 7.74. The molecule has 3 rings (SSSR count). The molecular weight excluding hydrogens is 362 g/mol. The molecule has 7 nitrogen and oxygen atoms in total. The lowest BCUT2D eigenvalue weighted by Crippen LogP contribution is -2.24. The number of carbonyl (C=O) groups is 1. The SMILES string of the molecule is NCCCCNCc1ccc(CNC(=O)c2csc3nc[nH]c(=O)c23)cc1. The standard InChI is InChI=1S/C19H23N5O2S/c20-7-1-2-8-21-9-13-3-5-14(6-4-13)10-22-17(25)15-11-27-19-16(15)18(26)23-12-24-19/h3-6,11-12,21H,1-2,7-10,20H2,(H,22,25)(H,23,24,26). The molecule has 5 N–H and O–H groups in total. The number of H-pyrrole nitrogens is 1. The zero-order valence-electron chi connectivity index (χ0n) is 15.0. The molecule has 27 heavy (non-hydrogen) atoms. The smallest absolute Gasteiger partial charge is 0.260 e. The van der Waals surface area contributed by atoms with Crippen molar-refractivity contribution < 1.29 is 4.79 Å². The number of hydrogen-bond donors (Lipinski definition) is 4. The Bertz CT molecular complexity index is 949. The quantitative estimate of drug-likeness (QED) is 0.419. The van der Waals surface area contributed by atoms with Gasteiger partial charge in [-0.2, -0.15) is 0 Å². The summed E-state index contributed by atoms with van der Waals surface area (Å²) in [4.78, 5) is 31.5. The van der Waals surface area contributed by atoms with Crippen molar-refractivity contribution in [2.24, 2.45) is 5.73 Å². The maximum atomic E-state index is 12.4. The number of aromatic nitrogens is 2. The van der Waals surface area contributed by atoms with Gasteiger partial charge in [-0.3, -0.25) is 9.59 Å². The van der Waals surface area contributed by atoms with E-state index in [4.69, 9.17) is 5.73 Å². The fourth-order valence-electron chi connectivity index (χ4n) is 2.73. The number of nitrogens with one attached hydrogen (secondary N) is 3. The summed E-state index contributed by atoms with van der Waals surface area (Å²) < 4.78 is 0. The zero-order valence-corrected chi connectivity index (χ0v) is 15.8. The van der Waals surface area contributed by atoms with Crippen molar-refractivity contribution in [3.05, 3.63) is 63.0 Å². The number of fused-ring (bicyclic) bond motifs is 1. The van der Waals surface area contributed by atoms with Crippen LogP contribution in [-0.4, -0.2) is 29.0 Å². The van der Waals surface area contributed by atoms with E-state index in [-0.39, 0.29) is 11.5 Å². The second-order valence-electron chi connectivity index (χ2n) is 6.23. The Morgan fingerprint density at radius 1 is 1.15 bits per heavy atom. The van der Waals surface area contributed by atoms with Gasteiger partial charge in [0, 0.05) is 18.5 Å². The van der Waals surface area contributed by atoms with Crippen molar-refractivity contribution in [2.45, 2.75) is 25.9 Å². The number of aromatic amines is 1. The fraction of sp³-hybridized carbons (Fsp3) is 0.316. The zero-order chi connectivity index (χ0) is 19.1. The van der Waals surface area contributed by atoms with Crippen LogP contribution in [0, 0.1) is 0 Å². The minimum absolute atomic E-state index is 0.273. The summed E-state index contributed by atoms with van der Waals surface area (Å²) >= 11 is 1.29. The maximum absolute atomic E-state index is 12.4. The first kappa shape index (κ1) is 19.2. The van der Waals surface area contributed by atoms with Gasteiger partial charge in [-0.15, -0.1) is 11.3 Å². The summed E-state index contributed by atoms with van der Waals surface area (Å²) in [6.45, 7) is 2.90. The van der Waals surface area contributed by atoms with E-state index in [1.54, 1.807) is 5.38 Å². The third-order valence-electron chi connectivity index (χ3n) is 4.23. The van der Waals surface area contributed by atoms with Crippen LogP contribution >= 0.6 is 11.3 Å². The number of unbranched alkanes of at least 4 members (excludes halogenated alkanes) is 1. The highest BCUT2D eigenvalue weighted by Gasteiger charge is 2.15. The Morgan fingerprint density at radius 2 is 1.89 bits per heavy atom. The van der Waals surface area contributed by atoms with E-state index in [1.165, 1.54) is 23.2 Å². The molecule has 0 saturated carbocycles. The number of benzene rings is 1. The Labute approximate surface area is 161 Å². The Balaban J connectivity index is 1.53. The molecule has 0 atom stereocenters. The van der Waals surface area contributed by atoms with E-state index < -0.39 is 0 Å². The van der Waals surface area contributed by atoms with Crippen LogP contribution in [0.15, 0.2) is 40.8 Å². The number of thiophene rings is 1. The number of rotatable bonds is 9. The second kappa shape index (κ2) is 9.40. The predicted octanol–water partition coefficient (Wildman–Crippen LogP) is 1.74. The molecule has 1 aromatic carbocycles. The van der Waals surface area contributed by atoms with Crippen molar-refractivity contribution >= 4 is 27.5 Å². The highest BCUT2D eigenvalue weighted by Crippen LogP contribution is 2.20. The van der Waals surface area contributed by atoms with Gasteiger partial charge < -0.3 is 21.4 Å². The molecule has 0 bridgehead atoms. The largest absolute Gasteiger partial charge is 0.348 e. The topological polar surface area (TPSA) is 113 Å². The molecule has 0 unspecified atom stereocenters. The monoisotopic (exact) mass is 385 g/mol. The summed E-state index contributed by atoms with van der Waals surface area (Å²) in [6.07, 6.45) is 3.46. The van der Waals surface area contributed by atoms with E-state index in [0.717, 1.165) is 38.0 Å². The molecule has 0 fully saturated rings. The predicted molar refractivity (Wildman–Crippen MR) is 108 cm³/mol. The van der Waals surface area contributed by atoms with E-state index in [9.17, 15) is 9.59 Å². The van der Waals surface area contributed by atoms with Crippen LogP contribution in [0.3, 0.4) is 0 Å². The minimum Gasteiger partial charge on any atom is -0.348 e. The molecule has 0 spiro atoms. The van der Waals surface area contributed by atoms with Gasteiger partial charge in [0.25, 0.3) is 11.5 Å². The molecule has 142 valence electrons. The van der Waals surface area contributed by atoms with E-state index in [1.807, 2.05) is 24.3 Å². The number of nitrogens with two attached hydrogens (primary N) is 1. The average molecular weight is 385 g/mol. The Morgan fingerprint density at radius 3 is 2.63 bits per heavy atom. The molecule has 0 saturated heterocycles. The van der Waals surface area contributed by atoms with Crippen molar-refractivity contribution in [1.82, 2.24) is 20.6 Å². The lowest BCUT2D eigenvalue weighted by Gasteiger charge is -2.07. The van der Waals surface area contributed by atoms with Crippen molar-refractivity contribution in [2.75, 3.05) is 13.1 Å². The van der Waals surface area contributed by atoms with Gasteiger partial charge in [-0.1, -0.05) is 24.3 Å². The van der Waals surface area contributed by atoms with Crippen LogP contribution in [0.1, 0.15) is 34.3 Å². The molecule has 2 aromatic heterocycles. The molecule has 0 aliphatic carbocycles.